The molecule has 1 aromatic rings. The normalized spacial score (nSPS) is 11.6. The van der Waals surface area contributed by atoms with Crippen molar-refractivity contribution in [2.45, 2.75) is 26.7 Å². The number of nitrogens with zero attached hydrogens (tertiary/aromatic N) is 1. The quantitative estimate of drug-likeness (QED) is 0.789. The summed E-state index contributed by atoms with van der Waals surface area (Å²) in [6, 6.07) is 0.815. The Balaban J connectivity index is 2.72. The SMILES string of the molecule is CCC(CC)(CCl)CNc1ncc(F)cc1F. The molecule has 17 heavy (non-hydrogen) atoms. The monoisotopic (exact) mass is 262 g/mol. The number of pyridine rings is 1. The van der Waals surface area contributed by atoms with Gasteiger partial charge in [0.2, 0.25) is 0 Å². The van der Waals surface area contributed by atoms with E-state index in [-0.39, 0.29) is 11.2 Å². The molecule has 0 spiro atoms. The summed E-state index contributed by atoms with van der Waals surface area (Å²) in [5.74, 6) is -0.790. The van der Waals surface area contributed by atoms with Crippen molar-refractivity contribution in [1.82, 2.24) is 4.98 Å². The third-order valence-corrected chi connectivity index (χ3v) is 3.79. The van der Waals surface area contributed by atoms with E-state index in [0.717, 1.165) is 25.1 Å². The van der Waals surface area contributed by atoms with Gasteiger partial charge in [-0.2, -0.15) is 0 Å². The molecule has 0 amide bonds. The fourth-order valence-electron chi connectivity index (χ4n) is 1.55. The van der Waals surface area contributed by atoms with Gasteiger partial charge in [0.15, 0.2) is 11.6 Å². The van der Waals surface area contributed by atoms with Crippen LogP contribution in [0.15, 0.2) is 12.3 Å². The third kappa shape index (κ3) is 3.53. The lowest BCUT2D eigenvalue weighted by Gasteiger charge is -2.29. The van der Waals surface area contributed by atoms with E-state index in [0.29, 0.717) is 12.4 Å². The van der Waals surface area contributed by atoms with Crippen molar-refractivity contribution in [3.05, 3.63) is 23.9 Å². The van der Waals surface area contributed by atoms with Crippen LogP contribution in [-0.2, 0) is 0 Å². The van der Waals surface area contributed by atoms with Crippen molar-refractivity contribution < 1.29 is 8.78 Å². The molecule has 0 fully saturated rings. The van der Waals surface area contributed by atoms with Crippen molar-refractivity contribution >= 4 is 17.4 Å². The van der Waals surface area contributed by atoms with Gasteiger partial charge in [0.25, 0.3) is 0 Å². The highest BCUT2D eigenvalue weighted by atomic mass is 35.5. The molecule has 1 N–H and O–H groups in total. The van der Waals surface area contributed by atoms with Crippen LogP contribution in [-0.4, -0.2) is 17.4 Å². The summed E-state index contributed by atoms with van der Waals surface area (Å²) in [6.07, 6.45) is 2.78. The van der Waals surface area contributed by atoms with Crippen LogP contribution in [0.5, 0.6) is 0 Å². The molecule has 2 nitrogen and oxygen atoms in total. The molecule has 0 bridgehead atoms. The number of halogens is 3. The summed E-state index contributed by atoms with van der Waals surface area (Å²) in [6.45, 7) is 4.61. The van der Waals surface area contributed by atoms with Crippen molar-refractivity contribution in [3.63, 3.8) is 0 Å². The largest absolute Gasteiger partial charge is 0.367 e. The smallest absolute Gasteiger partial charge is 0.168 e. The van der Waals surface area contributed by atoms with Gasteiger partial charge in [-0.1, -0.05) is 13.8 Å². The van der Waals surface area contributed by atoms with Gasteiger partial charge in [-0.25, -0.2) is 13.8 Å². The molecular weight excluding hydrogens is 246 g/mol. The second-order valence-electron chi connectivity index (χ2n) is 4.18. The Kier molecular flexibility index (Phi) is 5.12. The molecule has 0 saturated carbocycles. The zero-order valence-corrected chi connectivity index (χ0v) is 10.8. The first kappa shape index (κ1) is 14.2. The lowest BCUT2D eigenvalue weighted by Crippen LogP contribution is -2.30. The van der Waals surface area contributed by atoms with E-state index < -0.39 is 11.6 Å². The standard InChI is InChI=1S/C12H17ClF2N2/c1-3-12(4-2,7-13)8-17-11-10(15)5-9(14)6-16-11/h5-6H,3-4,7-8H2,1-2H3,(H,16,17). The molecule has 1 heterocycles. The van der Waals surface area contributed by atoms with E-state index in [9.17, 15) is 8.78 Å². The predicted molar refractivity (Wildman–Crippen MR) is 66.4 cm³/mol. The predicted octanol–water partition coefficient (Wildman–Crippen LogP) is 3.82. The molecule has 0 aliphatic carbocycles. The van der Waals surface area contributed by atoms with Crippen LogP contribution in [0.25, 0.3) is 0 Å². The number of hydrogen-bond donors (Lipinski definition) is 1. The Labute approximate surface area is 105 Å². The number of alkyl halides is 1. The molecule has 1 aromatic heterocycles. The fraction of sp³-hybridized carbons (Fsp3) is 0.583. The number of rotatable bonds is 6. The highest BCUT2D eigenvalue weighted by Crippen LogP contribution is 2.28. The van der Waals surface area contributed by atoms with Crippen molar-refractivity contribution in [2.75, 3.05) is 17.7 Å². The van der Waals surface area contributed by atoms with Gasteiger partial charge in [0.1, 0.15) is 5.82 Å². The van der Waals surface area contributed by atoms with Crippen LogP contribution in [0.4, 0.5) is 14.6 Å². The fourth-order valence-corrected chi connectivity index (χ4v) is 2.02. The maximum Gasteiger partial charge on any atom is 0.168 e. The van der Waals surface area contributed by atoms with Crippen LogP contribution < -0.4 is 5.32 Å². The van der Waals surface area contributed by atoms with Gasteiger partial charge in [-0.05, 0) is 12.8 Å². The average Bonchev–Trinajstić information content (AvgIpc) is 2.33. The van der Waals surface area contributed by atoms with Crippen LogP contribution in [0.2, 0.25) is 0 Å². The summed E-state index contributed by atoms with van der Waals surface area (Å²) in [5, 5.41) is 2.90. The van der Waals surface area contributed by atoms with Crippen molar-refractivity contribution in [2.24, 2.45) is 5.41 Å². The molecule has 0 unspecified atom stereocenters. The Hall–Kier alpha value is -0.900. The molecule has 0 aliphatic rings. The maximum absolute atomic E-state index is 13.3. The summed E-state index contributed by atoms with van der Waals surface area (Å²) in [4.78, 5) is 3.68. The van der Waals surface area contributed by atoms with Crippen LogP contribution in [0, 0.1) is 17.0 Å². The maximum atomic E-state index is 13.3. The average molecular weight is 263 g/mol. The lowest BCUT2D eigenvalue weighted by atomic mass is 9.84. The zero-order valence-electron chi connectivity index (χ0n) is 10.1. The molecule has 0 aromatic carbocycles. The van der Waals surface area contributed by atoms with E-state index in [1.165, 1.54) is 0 Å². The van der Waals surface area contributed by atoms with Crippen molar-refractivity contribution in [3.8, 4) is 0 Å². The molecule has 1 rings (SSSR count). The van der Waals surface area contributed by atoms with Gasteiger partial charge in [0.05, 0.1) is 6.20 Å². The zero-order chi connectivity index (χ0) is 12.9. The first-order valence-electron chi connectivity index (χ1n) is 5.68. The van der Waals surface area contributed by atoms with Crippen LogP contribution >= 0.6 is 11.6 Å². The Bertz CT molecular complexity index is 359. The van der Waals surface area contributed by atoms with E-state index >= 15 is 0 Å². The molecule has 0 radical (unpaired) electrons. The number of aromatic nitrogens is 1. The minimum absolute atomic E-state index is 0.0720. The number of nitrogens with one attached hydrogen (secondary N) is 1. The van der Waals surface area contributed by atoms with E-state index in [4.69, 9.17) is 11.6 Å². The highest BCUT2D eigenvalue weighted by Gasteiger charge is 2.25. The Morgan fingerprint density at radius 3 is 2.47 bits per heavy atom. The molecule has 0 saturated heterocycles. The van der Waals surface area contributed by atoms with Gasteiger partial charge in [-0.3, -0.25) is 0 Å². The summed E-state index contributed by atoms with van der Waals surface area (Å²) < 4.78 is 26.0. The third-order valence-electron chi connectivity index (χ3n) is 3.22. The van der Waals surface area contributed by atoms with Gasteiger partial charge in [0, 0.05) is 23.9 Å². The Morgan fingerprint density at radius 2 is 2.00 bits per heavy atom. The molecule has 96 valence electrons. The summed E-state index contributed by atoms with van der Waals surface area (Å²) >= 11 is 5.94. The summed E-state index contributed by atoms with van der Waals surface area (Å²) in [5.41, 5.74) is -0.0793. The van der Waals surface area contributed by atoms with E-state index in [1.807, 2.05) is 13.8 Å². The first-order chi connectivity index (χ1) is 8.06. The van der Waals surface area contributed by atoms with Crippen LogP contribution in [0.3, 0.4) is 0 Å². The second kappa shape index (κ2) is 6.15. The molecule has 0 aliphatic heterocycles. The first-order valence-corrected chi connectivity index (χ1v) is 6.21. The second-order valence-corrected chi connectivity index (χ2v) is 4.45. The minimum Gasteiger partial charge on any atom is -0.367 e. The van der Waals surface area contributed by atoms with E-state index in [1.54, 1.807) is 0 Å². The summed E-state index contributed by atoms with van der Waals surface area (Å²) in [7, 11) is 0. The van der Waals surface area contributed by atoms with Gasteiger partial charge >= 0.3 is 0 Å². The molecular formula is C12H17ClF2N2. The minimum atomic E-state index is -0.680. The molecule has 5 heteroatoms. The molecule has 0 atom stereocenters. The van der Waals surface area contributed by atoms with Crippen molar-refractivity contribution in [1.29, 1.82) is 0 Å². The van der Waals surface area contributed by atoms with Gasteiger partial charge in [-0.15, -0.1) is 11.6 Å². The Morgan fingerprint density at radius 1 is 1.35 bits per heavy atom. The topological polar surface area (TPSA) is 24.9 Å². The number of anilines is 1. The van der Waals surface area contributed by atoms with Gasteiger partial charge < -0.3 is 5.32 Å². The van der Waals surface area contributed by atoms with Crippen LogP contribution in [0.1, 0.15) is 26.7 Å². The highest BCUT2D eigenvalue weighted by molar-refractivity contribution is 6.18. The number of hydrogen-bond acceptors (Lipinski definition) is 2. The van der Waals surface area contributed by atoms with E-state index in [2.05, 4.69) is 10.3 Å². The lowest BCUT2D eigenvalue weighted by molar-refractivity contribution is 0.326.